The first-order valence-corrected chi connectivity index (χ1v) is 11.7. The van der Waals surface area contributed by atoms with E-state index in [2.05, 4.69) is 4.98 Å². The molecule has 4 rings (SSSR count). The first-order chi connectivity index (χ1) is 13.9. The average molecular weight is 444 g/mol. The predicted octanol–water partition coefficient (Wildman–Crippen LogP) is 6.34. The molecule has 3 aromatic carbocycles. The fraction of sp³-hybridized carbons (Fsp3) is 0.0455. The third-order valence-corrected chi connectivity index (χ3v) is 7.00. The molecule has 3 nitrogen and oxygen atoms in total. The summed E-state index contributed by atoms with van der Waals surface area (Å²) < 4.78 is 39.3. The normalized spacial score (nSPS) is 11.6. The number of benzene rings is 3. The van der Waals surface area contributed by atoms with Crippen molar-refractivity contribution < 1.29 is 12.8 Å². The van der Waals surface area contributed by atoms with Crippen molar-refractivity contribution in [3.05, 3.63) is 83.6 Å². The van der Waals surface area contributed by atoms with E-state index in [1.165, 1.54) is 17.4 Å². The third-order valence-electron chi connectivity index (χ3n) is 4.39. The number of thiazole rings is 1. The lowest BCUT2D eigenvalue weighted by Gasteiger charge is -2.08. The zero-order valence-electron chi connectivity index (χ0n) is 15.3. The van der Waals surface area contributed by atoms with Crippen LogP contribution in [0, 0.1) is 5.82 Å². The van der Waals surface area contributed by atoms with Gasteiger partial charge in [0.25, 0.3) is 0 Å². The van der Waals surface area contributed by atoms with E-state index in [-0.39, 0.29) is 4.90 Å². The molecule has 0 aliphatic carbocycles. The van der Waals surface area contributed by atoms with Gasteiger partial charge in [0.2, 0.25) is 0 Å². The van der Waals surface area contributed by atoms with E-state index < -0.39 is 15.7 Å². The number of rotatable bonds is 4. The lowest BCUT2D eigenvalue weighted by molar-refractivity contribution is 0.602. The largest absolute Gasteiger partial charge is 0.235 e. The SMILES string of the molecule is CS(=O)(=O)c1ccccc1-c1sc(-c2ccccc2Cl)nc1-c1ccccc1F. The number of halogens is 2. The van der Waals surface area contributed by atoms with E-state index in [9.17, 15) is 12.8 Å². The van der Waals surface area contributed by atoms with E-state index in [0.29, 0.717) is 37.3 Å². The van der Waals surface area contributed by atoms with Gasteiger partial charge in [-0.05, 0) is 24.3 Å². The molecule has 0 bridgehead atoms. The summed E-state index contributed by atoms with van der Waals surface area (Å²) in [5.74, 6) is -0.429. The molecule has 0 radical (unpaired) electrons. The smallest absolute Gasteiger partial charge is 0.176 e. The van der Waals surface area contributed by atoms with Gasteiger partial charge in [0.1, 0.15) is 10.8 Å². The summed E-state index contributed by atoms with van der Waals surface area (Å²) in [6.07, 6.45) is 1.16. The molecule has 0 N–H and O–H groups in total. The second kappa shape index (κ2) is 7.71. The van der Waals surface area contributed by atoms with Crippen LogP contribution in [0.5, 0.6) is 0 Å². The molecule has 0 saturated carbocycles. The van der Waals surface area contributed by atoms with Gasteiger partial charge in [-0.15, -0.1) is 11.3 Å². The van der Waals surface area contributed by atoms with Gasteiger partial charge in [-0.25, -0.2) is 17.8 Å². The lowest BCUT2D eigenvalue weighted by atomic mass is 10.1. The van der Waals surface area contributed by atoms with E-state index in [4.69, 9.17) is 11.6 Å². The van der Waals surface area contributed by atoms with Gasteiger partial charge < -0.3 is 0 Å². The van der Waals surface area contributed by atoms with Crippen molar-refractivity contribution >= 4 is 32.8 Å². The second-order valence-corrected chi connectivity index (χ2v) is 9.82. The average Bonchev–Trinajstić information content (AvgIpc) is 3.13. The maximum absolute atomic E-state index is 14.6. The van der Waals surface area contributed by atoms with Crippen molar-refractivity contribution in [1.29, 1.82) is 0 Å². The minimum Gasteiger partial charge on any atom is -0.235 e. The Morgan fingerprint density at radius 3 is 2.10 bits per heavy atom. The molecule has 0 spiro atoms. The number of sulfone groups is 1. The van der Waals surface area contributed by atoms with E-state index in [1.54, 1.807) is 48.5 Å². The standard InChI is InChI=1S/C22H15ClFNO2S2/c1-29(26,27)19-13-7-4-10-16(19)21-20(15-9-3-6-12-18(15)24)25-22(28-21)14-8-2-5-11-17(14)23/h2-13H,1H3. The van der Waals surface area contributed by atoms with Crippen LogP contribution in [0.4, 0.5) is 4.39 Å². The van der Waals surface area contributed by atoms with Crippen molar-refractivity contribution in [2.24, 2.45) is 0 Å². The summed E-state index contributed by atoms with van der Waals surface area (Å²) in [5, 5.41) is 1.11. The van der Waals surface area contributed by atoms with Gasteiger partial charge >= 0.3 is 0 Å². The molecule has 0 unspecified atom stereocenters. The van der Waals surface area contributed by atoms with Crippen molar-refractivity contribution in [3.63, 3.8) is 0 Å². The summed E-state index contributed by atoms with van der Waals surface area (Å²) in [7, 11) is -3.50. The molecule has 0 amide bonds. The van der Waals surface area contributed by atoms with E-state index in [0.717, 1.165) is 6.26 Å². The Balaban J connectivity index is 2.05. The Hall–Kier alpha value is -2.54. The summed E-state index contributed by atoms with van der Waals surface area (Å²) >= 11 is 7.63. The second-order valence-electron chi connectivity index (χ2n) is 6.42. The number of hydrogen-bond acceptors (Lipinski definition) is 4. The molecular formula is C22H15ClFNO2S2. The minimum atomic E-state index is -3.50. The quantitative estimate of drug-likeness (QED) is 0.369. The van der Waals surface area contributed by atoms with Gasteiger partial charge in [0.05, 0.1) is 20.5 Å². The van der Waals surface area contributed by atoms with Crippen LogP contribution in [0.2, 0.25) is 5.02 Å². The Labute approximate surface area is 177 Å². The van der Waals surface area contributed by atoms with Gasteiger partial charge in [0, 0.05) is 22.9 Å². The van der Waals surface area contributed by atoms with Crippen molar-refractivity contribution in [2.45, 2.75) is 4.90 Å². The highest BCUT2D eigenvalue weighted by molar-refractivity contribution is 7.90. The zero-order valence-corrected chi connectivity index (χ0v) is 17.7. The van der Waals surface area contributed by atoms with Crippen LogP contribution in [0.25, 0.3) is 32.3 Å². The van der Waals surface area contributed by atoms with Gasteiger partial charge in [0.15, 0.2) is 9.84 Å². The van der Waals surface area contributed by atoms with Gasteiger partial charge in [-0.3, -0.25) is 0 Å². The van der Waals surface area contributed by atoms with Crippen LogP contribution in [0.15, 0.2) is 77.7 Å². The van der Waals surface area contributed by atoms with Gasteiger partial charge in [-0.2, -0.15) is 0 Å². The maximum atomic E-state index is 14.6. The minimum absolute atomic E-state index is 0.173. The highest BCUT2D eigenvalue weighted by atomic mass is 35.5. The van der Waals surface area contributed by atoms with Crippen LogP contribution in [-0.4, -0.2) is 19.7 Å². The van der Waals surface area contributed by atoms with Crippen LogP contribution in [0.3, 0.4) is 0 Å². The first-order valence-electron chi connectivity index (χ1n) is 8.66. The van der Waals surface area contributed by atoms with E-state index >= 15 is 0 Å². The summed E-state index contributed by atoms with van der Waals surface area (Å²) in [5.41, 5.74) is 1.89. The molecule has 0 aliphatic rings. The molecule has 1 aromatic heterocycles. The number of hydrogen-bond donors (Lipinski definition) is 0. The molecule has 0 fully saturated rings. The highest BCUT2D eigenvalue weighted by Crippen LogP contribution is 2.44. The van der Waals surface area contributed by atoms with Crippen molar-refractivity contribution in [3.8, 4) is 32.3 Å². The van der Waals surface area contributed by atoms with Crippen LogP contribution >= 0.6 is 22.9 Å². The lowest BCUT2D eigenvalue weighted by Crippen LogP contribution is -1.99. The zero-order chi connectivity index (χ0) is 20.6. The maximum Gasteiger partial charge on any atom is 0.176 e. The topological polar surface area (TPSA) is 47.0 Å². The van der Waals surface area contributed by atoms with Crippen molar-refractivity contribution in [2.75, 3.05) is 6.26 Å². The Bertz CT molecular complexity index is 1320. The fourth-order valence-electron chi connectivity index (χ4n) is 3.07. The van der Waals surface area contributed by atoms with Crippen LogP contribution in [-0.2, 0) is 9.84 Å². The molecule has 0 atom stereocenters. The Kier molecular flexibility index (Phi) is 5.25. The summed E-state index contributed by atoms with van der Waals surface area (Å²) in [6.45, 7) is 0. The highest BCUT2D eigenvalue weighted by Gasteiger charge is 2.23. The monoisotopic (exact) mass is 443 g/mol. The third kappa shape index (κ3) is 3.83. The molecule has 146 valence electrons. The fourth-order valence-corrected chi connectivity index (χ4v) is 5.47. The molecular weight excluding hydrogens is 429 g/mol. The summed E-state index contributed by atoms with van der Waals surface area (Å²) in [4.78, 5) is 5.42. The van der Waals surface area contributed by atoms with Crippen molar-refractivity contribution in [1.82, 2.24) is 4.98 Å². The number of aromatic nitrogens is 1. The Morgan fingerprint density at radius 1 is 0.862 bits per heavy atom. The number of nitrogens with zero attached hydrogens (tertiary/aromatic N) is 1. The van der Waals surface area contributed by atoms with E-state index in [1.807, 2.05) is 18.2 Å². The Morgan fingerprint density at radius 2 is 1.45 bits per heavy atom. The van der Waals surface area contributed by atoms with Crippen LogP contribution < -0.4 is 0 Å². The molecule has 0 aliphatic heterocycles. The molecule has 0 saturated heterocycles. The molecule has 1 heterocycles. The van der Waals surface area contributed by atoms with Gasteiger partial charge in [-0.1, -0.05) is 60.1 Å². The molecule has 29 heavy (non-hydrogen) atoms. The predicted molar refractivity (Wildman–Crippen MR) is 116 cm³/mol. The molecule has 4 aromatic rings. The van der Waals surface area contributed by atoms with Crippen LogP contribution in [0.1, 0.15) is 0 Å². The first kappa shape index (κ1) is 19.8. The molecule has 7 heteroatoms. The summed E-state index contributed by atoms with van der Waals surface area (Å²) in [6, 6.07) is 20.2.